The molecule has 2 rings (SSSR count). The normalized spacial score (nSPS) is 12.7. The van der Waals surface area contributed by atoms with Crippen molar-refractivity contribution in [1.82, 2.24) is 4.98 Å². The fourth-order valence-corrected chi connectivity index (χ4v) is 3.11. The van der Waals surface area contributed by atoms with Crippen LogP contribution in [-0.2, 0) is 6.42 Å². The molecule has 1 unspecified atom stereocenters. The summed E-state index contributed by atoms with van der Waals surface area (Å²) in [5, 5.41) is 1.34. The lowest BCUT2D eigenvalue weighted by atomic mass is 10.0. The Hall–Kier alpha value is -0.970. The van der Waals surface area contributed by atoms with Crippen molar-refractivity contribution in [3.8, 4) is 0 Å². The molecule has 0 radical (unpaired) electrons. The lowest BCUT2D eigenvalue weighted by Crippen LogP contribution is -2.21. The van der Waals surface area contributed by atoms with Gasteiger partial charge in [-0.3, -0.25) is 0 Å². The number of hydrogen-bond donors (Lipinski definition) is 1. The number of benzene rings is 1. The molecule has 1 atom stereocenters. The summed E-state index contributed by atoms with van der Waals surface area (Å²) < 4.78 is 5.62. The van der Waals surface area contributed by atoms with Gasteiger partial charge < -0.3 is 10.2 Å². The van der Waals surface area contributed by atoms with Crippen LogP contribution in [0.2, 0.25) is 5.02 Å². The van der Waals surface area contributed by atoms with E-state index < -0.39 is 0 Å². The molecule has 0 bridgehead atoms. The smallest absolute Gasteiger partial charge is 0.261 e. The van der Waals surface area contributed by atoms with Crippen molar-refractivity contribution >= 4 is 23.4 Å². The number of aromatic nitrogens is 1. The zero-order valence-corrected chi connectivity index (χ0v) is 13.5. The molecule has 0 aliphatic carbocycles. The summed E-state index contributed by atoms with van der Waals surface area (Å²) in [6.45, 7) is 5.93. The van der Waals surface area contributed by atoms with Crippen LogP contribution in [0.3, 0.4) is 0 Å². The monoisotopic (exact) mass is 310 g/mol. The Kier molecular flexibility index (Phi) is 5.13. The molecule has 0 fully saturated rings. The molecular formula is C15H19ClN2OS. The topological polar surface area (TPSA) is 52.0 Å². The first kappa shape index (κ1) is 15.4. The standard InChI is InChI=1S/C15H19ClN2OS/c1-4-12(17)8-11-6-5-7-13(16)14(11)20-15-18-9(2)10(3)19-15/h5-7,12H,4,8,17H2,1-3H3. The number of nitrogens with two attached hydrogens (primary N) is 1. The van der Waals surface area contributed by atoms with Crippen LogP contribution in [0.15, 0.2) is 32.7 Å². The van der Waals surface area contributed by atoms with Gasteiger partial charge in [-0.05, 0) is 50.1 Å². The highest BCUT2D eigenvalue weighted by Crippen LogP contribution is 2.36. The maximum atomic E-state index is 6.32. The quantitative estimate of drug-likeness (QED) is 0.890. The SMILES string of the molecule is CCC(N)Cc1cccc(Cl)c1Sc1nc(C)c(C)o1. The first-order chi connectivity index (χ1) is 9.51. The van der Waals surface area contributed by atoms with Crippen LogP contribution in [0.25, 0.3) is 0 Å². The Bertz CT molecular complexity index is 578. The number of nitrogens with zero attached hydrogens (tertiary/aromatic N) is 1. The summed E-state index contributed by atoms with van der Waals surface area (Å²) in [6, 6.07) is 6.04. The van der Waals surface area contributed by atoms with Crippen LogP contribution < -0.4 is 5.73 Å². The van der Waals surface area contributed by atoms with Gasteiger partial charge in [0.15, 0.2) is 0 Å². The molecule has 3 nitrogen and oxygen atoms in total. The molecule has 0 saturated carbocycles. The van der Waals surface area contributed by atoms with Crippen LogP contribution in [0.1, 0.15) is 30.4 Å². The summed E-state index contributed by atoms with van der Waals surface area (Å²) in [5.41, 5.74) is 8.11. The molecule has 0 aliphatic heterocycles. The zero-order valence-electron chi connectivity index (χ0n) is 11.9. The van der Waals surface area contributed by atoms with Gasteiger partial charge in [0, 0.05) is 10.9 Å². The second-order valence-electron chi connectivity index (χ2n) is 4.82. The number of halogens is 1. The Morgan fingerprint density at radius 2 is 2.15 bits per heavy atom. The Labute approximate surface area is 128 Å². The molecule has 20 heavy (non-hydrogen) atoms. The maximum absolute atomic E-state index is 6.32. The molecule has 5 heteroatoms. The van der Waals surface area contributed by atoms with Gasteiger partial charge in [-0.25, -0.2) is 4.98 Å². The van der Waals surface area contributed by atoms with E-state index >= 15 is 0 Å². The van der Waals surface area contributed by atoms with Gasteiger partial charge in [0.2, 0.25) is 0 Å². The maximum Gasteiger partial charge on any atom is 0.261 e. The van der Waals surface area contributed by atoms with Gasteiger partial charge >= 0.3 is 0 Å². The van der Waals surface area contributed by atoms with Gasteiger partial charge in [-0.2, -0.15) is 0 Å². The highest BCUT2D eigenvalue weighted by atomic mass is 35.5. The van der Waals surface area contributed by atoms with Crippen molar-refractivity contribution in [3.05, 3.63) is 40.2 Å². The lowest BCUT2D eigenvalue weighted by Gasteiger charge is -2.13. The van der Waals surface area contributed by atoms with Crippen LogP contribution in [0.4, 0.5) is 0 Å². The van der Waals surface area contributed by atoms with Gasteiger partial charge in [-0.15, -0.1) is 0 Å². The second-order valence-corrected chi connectivity index (χ2v) is 6.19. The van der Waals surface area contributed by atoms with Gasteiger partial charge in [0.25, 0.3) is 5.22 Å². The van der Waals surface area contributed by atoms with E-state index in [2.05, 4.69) is 18.0 Å². The summed E-state index contributed by atoms with van der Waals surface area (Å²) in [7, 11) is 0. The Balaban J connectivity index is 2.29. The number of oxazole rings is 1. The first-order valence-electron chi connectivity index (χ1n) is 6.66. The minimum atomic E-state index is 0.140. The van der Waals surface area contributed by atoms with Crippen molar-refractivity contribution < 1.29 is 4.42 Å². The van der Waals surface area contributed by atoms with E-state index in [4.69, 9.17) is 21.8 Å². The van der Waals surface area contributed by atoms with Crippen LogP contribution >= 0.6 is 23.4 Å². The number of aryl methyl sites for hydroxylation is 2. The summed E-state index contributed by atoms with van der Waals surface area (Å²) in [4.78, 5) is 5.38. The molecule has 1 aromatic carbocycles. The van der Waals surface area contributed by atoms with Crippen molar-refractivity contribution in [2.75, 3.05) is 0 Å². The van der Waals surface area contributed by atoms with Gasteiger partial charge in [0.1, 0.15) is 5.76 Å². The van der Waals surface area contributed by atoms with Gasteiger partial charge in [-0.1, -0.05) is 30.7 Å². The van der Waals surface area contributed by atoms with Crippen molar-refractivity contribution in [2.24, 2.45) is 5.73 Å². The molecule has 108 valence electrons. The molecule has 0 spiro atoms. The Morgan fingerprint density at radius 1 is 1.40 bits per heavy atom. The molecule has 0 aliphatic rings. The average Bonchev–Trinajstić information content (AvgIpc) is 2.72. The molecule has 2 N–H and O–H groups in total. The number of hydrogen-bond acceptors (Lipinski definition) is 4. The van der Waals surface area contributed by atoms with Gasteiger partial charge in [0.05, 0.1) is 10.7 Å². The van der Waals surface area contributed by atoms with Crippen LogP contribution in [0, 0.1) is 13.8 Å². The minimum Gasteiger partial charge on any atom is -0.436 e. The molecule has 1 aromatic heterocycles. The Morgan fingerprint density at radius 3 is 2.75 bits per heavy atom. The fraction of sp³-hybridized carbons (Fsp3) is 0.400. The third-order valence-electron chi connectivity index (χ3n) is 3.25. The highest BCUT2D eigenvalue weighted by Gasteiger charge is 2.15. The summed E-state index contributed by atoms with van der Waals surface area (Å²) in [6.07, 6.45) is 1.74. The van der Waals surface area contributed by atoms with Crippen molar-refractivity contribution in [2.45, 2.75) is 49.8 Å². The molecule has 0 saturated heterocycles. The largest absolute Gasteiger partial charge is 0.436 e. The van der Waals surface area contributed by atoms with E-state index in [0.717, 1.165) is 34.8 Å². The minimum absolute atomic E-state index is 0.140. The van der Waals surface area contributed by atoms with Crippen LogP contribution in [0.5, 0.6) is 0 Å². The zero-order chi connectivity index (χ0) is 14.7. The molecular weight excluding hydrogens is 292 g/mol. The number of rotatable bonds is 5. The second kappa shape index (κ2) is 6.66. The average molecular weight is 311 g/mol. The summed E-state index contributed by atoms with van der Waals surface area (Å²) in [5.74, 6) is 0.839. The van der Waals surface area contributed by atoms with Crippen molar-refractivity contribution in [1.29, 1.82) is 0 Å². The molecule has 2 aromatic rings. The van der Waals surface area contributed by atoms with E-state index in [1.165, 1.54) is 11.8 Å². The third-order valence-corrected chi connectivity index (χ3v) is 4.72. The van der Waals surface area contributed by atoms with Crippen molar-refractivity contribution in [3.63, 3.8) is 0 Å². The third kappa shape index (κ3) is 3.57. The fourth-order valence-electron chi connectivity index (χ4n) is 1.83. The predicted molar refractivity (Wildman–Crippen MR) is 83.5 cm³/mol. The van der Waals surface area contributed by atoms with E-state index in [1.54, 1.807) is 0 Å². The molecule has 1 heterocycles. The predicted octanol–water partition coefficient (Wildman–Crippen LogP) is 4.38. The lowest BCUT2D eigenvalue weighted by molar-refractivity contribution is 0.431. The van der Waals surface area contributed by atoms with E-state index in [0.29, 0.717) is 10.2 Å². The highest BCUT2D eigenvalue weighted by molar-refractivity contribution is 7.99. The van der Waals surface area contributed by atoms with E-state index in [-0.39, 0.29) is 6.04 Å². The van der Waals surface area contributed by atoms with E-state index in [9.17, 15) is 0 Å². The molecule has 0 amide bonds. The summed E-state index contributed by atoms with van der Waals surface area (Å²) >= 11 is 7.78. The van der Waals surface area contributed by atoms with E-state index in [1.807, 2.05) is 26.0 Å². The first-order valence-corrected chi connectivity index (χ1v) is 7.85. The van der Waals surface area contributed by atoms with Crippen LogP contribution in [-0.4, -0.2) is 11.0 Å².